The molecule has 1 aromatic rings. The Morgan fingerprint density at radius 2 is 2.07 bits per heavy atom. The largest absolute Gasteiger partial charge is 0.273 e. The highest BCUT2D eigenvalue weighted by molar-refractivity contribution is 5.94. The van der Waals surface area contributed by atoms with Gasteiger partial charge < -0.3 is 0 Å². The molecule has 1 unspecified atom stereocenters. The summed E-state index contributed by atoms with van der Waals surface area (Å²) in [6.45, 7) is 1.93. The Morgan fingerprint density at radius 3 is 2.57 bits per heavy atom. The van der Waals surface area contributed by atoms with Gasteiger partial charge in [0, 0.05) is 12.5 Å². The first-order valence-corrected chi connectivity index (χ1v) is 4.51. The molecule has 1 amide bonds. The van der Waals surface area contributed by atoms with Gasteiger partial charge in [0.25, 0.3) is 0 Å². The Labute approximate surface area is 81.5 Å². The second kappa shape index (κ2) is 3.38. The third kappa shape index (κ3) is 1.61. The molecule has 1 aliphatic heterocycles. The first kappa shape index (κ1) is 9.15. The number of rotatable bonds is 1. The minimum Gasteiger partial charge on any atom is -0.273 e. The number of benzene rings is 1. The molecule has 3 nitrogen and oxygen atoms in total. The van der Waals surface area contributed by atoms with Gasteiger partial charge in [-0.25, -0.2) is 14.8 Å². The summed E-state index contributed by atoms with van der Waals surface area (Å²) < 4.78 is 12.6. The number of hydrogen-bond acceptors (Lipinski definition) is 2. The fourth-order valence-electron chi connectivity index (χ4n) is 1.50. The lowest BCUT2D eigenvalue weighted by molar-refractivity contribution is -0.117. The van der Waals surface area contributed by atoms with E-state index in [0.29, 0.717) is 12.1 Å². The molecular weight excluding hydrogens is 183 g/mol. The Hall–Kier alpha value is -1.42. The van der Waals surface area contributed by atoms with Crippen molar-refractivity contribution in [2.45, 2.75) is 19.4 Å². The number of hydrogen-bond donors (Lipinski definition) is 1. The van der Waals surface area contributed by atoms with Crippen LogP contribution in [-0.4, -0.2) is 11.9 Å². The molecule has 1 saturated heterocycles. The zero-order chi connectivity index (χ0) is 10.1. The second-order valence-corrected chi connectivity index (χ2v) is 3.44. The molecular formula is C10H11FN2O. The van der Waals surface area contributed by atoms with E-state index in [4.69, 9.17) is 0 Å². The molecule has 0 saturated carbocycles. The van der Waals surface area contributed by atoms with Crippen molar-refractivity contribution in [1.82, 2.24) is 5.43 Å². The fourth-order valence-corrected chi connectivity index (χ4v) is 1.50. The van der Waals surface area contributed by atoms with Gasteiger partial charge in [0.05, 0.1) is 5.69 Å². The maximum Gasteiger partial charge on any atom is 0.242 e. The molecule has 2 rings (SSSR count). The maximum absolute atomic E-state index is 12.6. The monoisotopic (exact) mass is 194 g/mol. The summed E-state index contributed by atoms with van der Waals surface area (Å²) in [4.78, 5) is 11.4. The lowest BCUT2D eigenvalue weighted by Crippen LogP contribution is -2.36. The van der Waals surface area contributed by atoms with Crippen molar-refractivity contribution >= 4 is 11.6 Å². The van der Waals surface area contributed by atoms with Crippen LogP contribution in [0.3, 0.4) is 0 Å². The fraction of sp³-hybridized carbons (Fsp3) is 0.300. The lowest BCUT2D eigenvalue weighted by atomic mass is 10.2. The van der Waals surface area contributed by atoms with Crippen LogP contribution in [0, 0.1) is 5.82 Å². The van der Waals surface area contributed by atoms with Crippen molar-refractivity contribution in [3.63, 3.8) is 0 Å². The number of nitrogens with zero attached hydrogens (tertiary/aromatic N) is 1. The van der Waals surface area contributed by atoms with Crippen molar-refractivity contribution < 1.29 is 9.18 Å². The van der Waals surface area contributed by atoms with Gasteiger partial charge in [-0.2, -0.15) is 0 Å². The number of carbonyl (C=O) groups is 1. The van der Waals surface area contributed by atoms with E-state index < -0.39 is 0 Å². The molecule has 14 heavy (non-hydrogen) atoms. The number of carbonyl (C=O) groups excluding carboxylic acids is 1. The zero-order valence-electron chi connectivity index (χ0n) is 7.83. The van der Waals surface area contributed by atoms with E-state index in [-0.39, 0.29) is 17.8 Å². The van der Waals surface area contributed by atoms with Crippen molar-refractivity contribution in [2.75, 3.05) is 5.01 Å². The number of hydrazine groups is 1. The van der Waals surface area contributed by atoms with E-state index in [1.807, 2.05) is 6.92 Å². The summed E-state index contributed by atoms with van der Waals surface area (Å²) >= 11 is 0. The van der Waals surface area contributed by atoms with Crippen molar-refractivity contribution in [3.05, 3.63) is 30.1 Å². The summed E-state index contributed by atoms with van der Waals surface area (Å²) in [5.74, 6) is -0.280. The van der Waals surface area contributed by atoms with Crippen LogP contribution in [0.2, 0.25) is 0 Å². The molecule has 0 aromatic heterocycles. The third-order valence-electron chi connectivity index (χ3n) is 2.16. The molecule has 4 heteroatoms. The molecule has 1 aromatic carbocycles. The summed E-state index contributed by atoms with van der Waals surface area (Å²) in [5, 5.41) is 1.46. The lowest BCUT2D eigenvalue weighted by Gasteiger charge is -2.16. The molecule has 1 atom stereocenters. The molecule has 0 bridgehead atoms. The van der Waals surface area contributed by atoms with Crippen LogP contribution in [0.25, 0.3) is 0 Å². The zero-order valence-corrected chi connectivity index (χ0v) is 7.83. The number of nitrogens with one attached hydrogen (secondary N) is 1. The summed E-state index contributed by atoms with van der Waals surface area (Å²) in [7, 11) is 0. The molecule has 1 heterocycles. The van der Waals surface area contributed by atoms with Crippen LogP contribution in [0.15, 0.2) is 24.3 Å². The van der Waals surface area contributed by atoms with Crippen LogP contribution in [-0.2, 0) is 4.79 Å². The molecule has 0 radical (unpaired) electrons. The SMILES string of the molecule is CC1CC(=O)N(c2ccc(F)cc2)N1. The van der Waals surface area contributed by atoms with E-state index in [0.717, 1.165) is 0 Å². The van der Waals surface area contributed by atoms with Crippen molar-refractivity contribution in [1.29, 1.82) is 0 Å². The second-order valence-electron chi connectivity index (χ2n) is 3.44. The quantitative estimate of drug-likeness (QED) is 0.734. The number of amides is 1. The summed E-state index contributed by atoms with van der Waals surface area (Å²) in [6.07, 6.45) is 0.484. The van der Waals surface area contributed by atoms with E-state index in [2.05, 4.69) is 5.43 Å². The van der Waals surface area contributed by atoms with Gasteiger partial charge in [-0.3, -0.25) is 4.79 Å². The normalized spacial score (nSPS) is 21.7. The topological polar surface area (TPSA) is 32.3 Å². The first-order chi connectivity index (χ1) is 6.66. The Balaban J connectivity index is 2.23. The van der Waals surface area contributed by atoms with Crippen molar-refractivity contribution in [2.24, 2.45) is 0 Å². The van der Waals surface area contributed by atoms with Crippen LogP contribution in [0.1, 0.15) is 13.3 Å². The molecule has 0 aliphatic carbocycles. The first-order valence-electron chi connectivity index (χ1n) is 4.51. The smallest absolute Gasteiger partial charge is 0.242 e. The van der Waals surface area contributed by atoms with Crippen LogP contribution in [0.4, 0.5) is 10.1 Å². The molecule has 1 fully saturated rings. The highest BCUT2D eigenvalue weighted by Crippen LogP contribution is 2.18. The number of anilines is 1. The molecule has 1 aliphatic rings. The van der Waals surface area contributed by atoms with Gasteiger partial charge in [0.15, 0.2) is 0 Å². The highest BCUT2D eigenvalue weighted by atomic mass is 19.1. The van der Waals surface area contributed by atoms with Gasteiger partial charge in [0.1, 0.15) is 5.82 Å². The van der Waals surface area contributed by atoms with Gasteiger partial charge in [-0.15, -0.1) is 0 Å². The minimum absolute atomic E-state index is 0.0177. The van der Waals surface area contributed by atoms with Gasteiger partial charge in [0.2, 0.25) is 5.91 Å². The predicted octanol–water partition coefficient (Wildman–Crippen LogP) is 1.46. The molecule has 74 valence electrons. The Kier molecular flexibility index (Phi) is 2.21. The van der Waals surface area contributed by atoms with Crippen LogP contribution >= 0.6 is 0 Å². The molecule has 0 spiro atoms. The van der Waals surface area contributed by atoms with Crippen molar-refractivity contribution in [3.8, 4) is 0 Å². The summed E-state index contributed by atoms with van der Waals surface area (Å²) in [6, 6.07) is 5.99. The number of halogens is 1. The highest BCUT2D eigenvalue weighted by Gasteiger charge is 2.26. The average Bonchev–Trinajstić information content (AvgIpc) is 2.47. The average molecular weight is 194 g/mol. The summed E-state index contributed by atoms with van der Waals surface area (Å²) in [5.41, 5.74) is 3.68. The van der Waals surface area contributed by atoms with Gasteiger partial charge in [-0.05, 0) is 31.2 Å². The maximum atomic E-state index is 12.6. The Bertz CT molecular complexity index is 350. The van der Waals surface area contributed by atoms with E-state index in [1.54, 1.807) is 12.1 Å². The third-order valence-corrected chi connectivity index (χ3v) is 2.16. The predicted molar refractivity (Wildman–Crippen MR) is 51.1 cm³/mol. The van der Waals surface area contributed by atoms with E-state index in [1.165, 1.54) is 17.1 Å². The van der Waals surface area contributed by atoms with Crippen LogP contribution in [0.5, 0.6) is 0 Å². The van der Waals surface area contributed by atoms with Gasteiger partial charge in [-0.1, -0.05) is 0 Å². The molecule has 1 N–H and O–H groups in total. The van der Waals surface area contributed by atoms with E-state index >= 15 is 0 Å². The van der Waals surface area contributed by atoms with Crippen LogP contribution < -0.4 is 10.4 Å². The minimum atomic E-state index is -0.298. The standard InChI is InChI=1S/C10H11FN2O/c1-7-6-10(14)13(12-7)9-4-2-8(11)3-5-9/h2-5,7,12H,6H2,1H3. The van der Waals surface area contributed by atoms with Gasteiger partial charge >= 0.3 is 0 Å². The Morgan fingerprint density at radius 1 is 1.43 bits per heavy atom. The van der Waals surface area contributed by atoms with E-state index in [9.17, 15) is 9.18 Å².